The van der Waals surface area contributed by atoms with Gasteiger partial charge < -0.3 is 10.1 Å². The van der Waals surface area contributed by atoms with Crippen molar-refractivity contribution in [3.05, 3.63) is 72.1 Å². The van der Waals surface area contributed by atoms with Gasteiger partial charge in [-0.1, -0.05) is 6.07 Å². The molecule has 118 valence electrons. The standard InChI is InChI=1S/C17H12FN5O/c18-13-2-4-15(5-3-13)24-17-6-1-12(9-23-17)8-21-16-11-20-14(7-19)10-22-16/h1-6,9-11H,8H2,(H,21,22). The predicted octanol–water partition coefficient (Wildman–Crippen LogP) is 3.29. The van der Waals surface area contributed by atoms with E-state index in [2.05, 4.69) is 20.3 Å². The first-order valence-corrected chi connectivity index (χ1v) is 7.07. The maximum absolute atomic E-state index is 12.8. The first-order chi connectivity index (χ1) is 11.7. The topological polar surface area (TPSA) is 83.7 Å². The van der Waals surface area contributed by atoms with Crippen molar-refractivity contribution in [2.24, 2.45) is 0 Å². The van der Waals surface area contributed by atoms with Gasteiger partial charge in [-0.15, -0.1) is 0 Å². The number of nitriles is 1. The Morgan fingerprint density at radius 2 is 1.83 bits per heavy atom. The SMILES string of the molecule is N#Cc1cnc(NCc2ccc(Oc3ccc(F)cc3)nc2)cn1. The fraction of sp³-hybridized carbons (Fsp3) is 0.0588. The Kier molecular flexibility index (Phi) is 4.58. The molecule has 1 N–H and O–H groups in total. The van der Waals surface area contributed by atoms with Crippen molar-refractivity contribution in [3.63, 3.8) is 0 Å². The lowest BCUT2D eigenvalue weighted by atomic mass is 10.3. The average molecular weight is 321 g/mol. The lowest BCUT2D eigenvalue weighted by molar-refractivity contribution is 0.461. The van der Waals surface area contributed by atoms with Gasteiger partial charge in [-0.05, 0) is 29.8 Å². The van der Waals surface area contributed by atoms with Gasteiger partial charge in [-0.25, -0.2) is 19.3 Å². The van der Waals surface area contributed by atoms with Crippen LogP contribution < -0.4 is 10.1 Å². The highest BCUT2D eigenvalue weighted by atomic mass is 19.1. The molecule has 0 atom stereocenters. The molecule has 7 heteroatoms. The Morgan fingerprint density at radius 1 is 1.00 bits per heavy atom. The molecule has 0 fully saturated rings. The van der Waals surface area contributed by atoms with E-state index in [1.807, 2.05) is 12.1 Å². The number of hydrogen-bond acceptors (Lipinski definition) is 6. The Labute approximate surface area is 137 Å². The Morgan fingerprint density at radius 3 is 2.46 bits per heavy atom. The maximum atomic E-state index is 12.8. The molecule has 0 saturated heterocycles. The summed E-state index contributed by atoms with van der Waals surface area (Å²) in [5, 5.41) is 11.8. The van der Waals surface area contributed by atoms with E-state index in [1.165, 1.54) is 36.7 Å². The molecule has 3 aromatic rings. The van der Waals surface area contributed by atoms with Crippen LogP contribution in [0, 0.1) is 17.1 Å². The summed E-state index contributed by atoms with van der Waals surface area (Å²) in [7, 11) is 0. The molecule has 0 radical (unpaired) electrons. The second-order valence-electron chi connectivity index (χ2n) is 4.81. The van der Waals surface area contributed by atoms with E-state index in [1.54, 1.807) is 12.3 Å². The lowest BCUT2D eigenvalue weighted by Gasteiger charge is -2.07. The van der Waals surface area contributed by atoms with Gasteiger partial charge in [-0.3, -0.25) is 0 Å². The first-order valence-electron chi connectivity index (χ1n) is 7.07. The Bertz CT molecular complexity index is 842. The van der Waals surface area contributed by atoms with E-state index in [9.17, 15) is 4.39 Å². The van der Waals surface area contributed by atoms with Crippen LogP contribution in [0.15, 0.2) is 55.0 Å². The summed E-state index contributed by atoms with van der Waals surface area (Å²) in [5.41, 5.74) is 1.19. The monoisotopic (exact) mass is 321 g/mol. The van der Waals surface area contributed by atoms with Crippen LogP contribution in [0.1, 0.15) is 11.3 Å². The van der Waals surface area contributed by atoms with Crippen LogP contribution >= 0.6 is 0 Å². The van der Waals surface area contributed by atoms with Crippen molar-refractivity contribution in [2.45, 2.75) is 6.54 Å². The molecule has 0 aliphatic heterocycles. The molecule has 2 aromatic heterocycles. The van der Waals surface area contributed by atoms with Crippen LogP contribution in [-0.2, 0) is 6.54 Å². The lowest BCUT2D eigenvalue weighted by Crippen LogP contribution is -2.02. The summed E-state index contributed by atoms with van der Waals surface area (Å²) < 4.78 is 18.4. The van der Waals surface area contributed by atoms with E-state index in [-0.39, 0.29) is 11.5 Å². The molecule has 0 amide bonds. The van der Waals surface area contributed by atoms with Gasteiger partial charge in [0.2, 0.25) is 5.88 Å². The van der Waals surface area contributed by atoms with E-state index < -0.39 is 0 Å². The van der Waals surface area contributed by atoms with Gasteiger partial charge in [0.1, 0.15) is 23.5 Å². The van der Waals surface area contributed by atoms with Gasteiger partial charge in [0.25, 0.3) is 0 Å². The number of benzene rings is 1. The number of ether oxygens (including phenoxy) is 1. The van der Waals surface area contributed by atoms with E-state index in [4.69, 9.17) is 10.00 Å². The molecule has 0 unspecified atom stereocenters. The van der Waals surface area contributed by atoms with Crippen molar-refractivity contribution in [3.8, 4) is 17.7 Å². The highest BCUT2D eigenvalue weighted by Crippen LogP contribution is 2.19. The smallest absolute Gasteiger partial charge is 0.219 e. The van der Waals surface area contributed by atoms with Gasteiger partial charge >= 0.3 is 0 Å². The average Bonchev–Trinajstić information content (AvgIpc) is 2.63. The number of nitrogens with zero attached hydrogens (tertiary/aromatic N) is 4. The van der Waals surface area contributed by atoms with Crippen LogP contribution in [0.5, 0.6) is 11.6 Å². The number of anilines is 1. The summed E-state index contributed by atoms with van der Waals surface area (Å²) >= 11 is 0. The van der Waals surface area contributed by atoms with Gasteiger partial charge in [0.05, 0.1) is 12.4 Å². The van der Waals surface area contributed by atoms with Gasteiger partial charge in [0, 0.05) is 18.8 Å². The van der Waals surface area contributed by atoms with Crippen LogP contribution in [0.2, 0.25) is 0 Å². The minimum absolute atomic E-state index is 0.268. The molecule has 2 heterocycles. The number of aromatic nitrogens is 3. The summed E-state index contributed by atoms with van der Waals surface area (Å²) in [5.74, 6) is 1.19. The minimum atomic E-state index is -0.317. The van der Waals surface area contributed by atoms with Crippen molar-refractivity contribution < 1.29 is 9.13 Å². The molecular weight excluding hydrogens is 309 g/mol. The number of hydrogen-bond donors (Lipinski definition) is 1. The second-order valence-corrected chi connectivity index (χ2v) is 4.81. The normalized spacial score (nSPS) is 10.0. The number of halogens is 1. The highest BCUT2D eigenvalue weighted by Gasteiger charge is 2.01. The van der Waals surface area contributed by atoms with Gasteiger partial charge in [0.15, 0.2) is 5.69 Å². The highest BCUT2D eigenvalue weighted by molar-refractivity contribution is 5.35. The summed E-state index contributed by atoms with van der Waals surface area (Å²) in [4.78, 5) is 12.2. The zero-order valence-electron chi connectivity index (χ0n) is 12.5. The van der Waals surface area contributed by atoms with Crippen molar-refractivity contribution in [1.29, 1.82) is 5.26 Å². The third kappa shape index (κ3) is 4.01. The summed E-state index contributed by atoms with van der Waals surface area (Å²) in [6.45, 7) is 0.504. The molecule has 24 heavy (non-hydrogen) atoms. The fourth-order valence-corrected chi connectivity index (χ4v) is 1.87. The Balaban J connectivity index is 1.57. The summed E-state index contributed by atoms with van der Waals surface area (Å²) in [6.07, 6.45) is 4.57. The number of nitrogens with one attached hydrogen (secondary N) is 1. The van der Waals surface area contributed by atoms with Crippen LogP contribution in [0.3, 0.4) is 0 Å². The fourth-order valence-electron chi connectivity index (χ4n) is 1.87. The second kappa shape index (κ2) is 7.15. The molecule has 1 aromatic carbocycles. The van der Waals surface area contributed by atoms with E-state index in [0.717, 1.165) is 5.56 Å². The molecule has 0 bridgehead atoms. The number of rotatable bonds is 5. The minimum Gasteiger partial charge on any atom is -0.439 e. The third-order valence-electron chi connectivity index (χ3n) is 3.07. The van der Waals surface area contributed by atoms with Crippen LogP contribution in [0.4, 0.5) is 10.2 Å². The first kappa shape index (κ1) is 15.4. The van der Waals surface area contributed by atoms with E-state index in [0.29, 0.717) is 24.0 Å². The van der Waals surface area contributed by atoms with Crippen LogP contribution in [0.25, 0.3) is 0 Å². The maximum Gasteiger partial charge on any atom is 0.219 e. The van der Waals surface area contributed by atoms with E-state index >= 15 is 0 Å². The van der Waals surface area contributed by atoms with Crippen molar-refractivity contribution in [2.75, 3.05) is 5.32 Å². The molecular formula is C17H12FN5O. The predicted molar refractivity (Wildman–Crippen MR) is 84.8 cm³/mol. The zero-order chi connectivity index (χ0) is 16.8. The molecule has 0 spiro atoms. The molecule has 0 aliphatic rings. The van der Waals surface area contributed by atoms with Crippen molar-refractivity contribution in [1.82, 2.24) is 15.0 Å². The molecule has 6 nitrogen and oxygen atoms in total. The third-order valence-corrected chi connectivity index (χ3v) is 3.07. The number of pyridine rings is 1. The molecule has 0 aliphatic carbocycles. The van der Waals surface area contributed by atoms with Crippen LogP contribution in [-0.4, -0.2) is 15.0 Å². The Hall–Kier alpha value is -3.53. The molecule has 3 rings (SSSR count). The van der Waals surface area contributed by atoms with Gasteiger partial charge in [-0.2, -0.15) is 5.26 Å². The zero-order valence-corrected chi connectivity index (χ0v) is 12.5. The molecule has 0 saturated carbocycles. The quantitative estimate of drug-likeness (QED) is 0.776. The largest absolute Gasteiger partial charge is 0.439 e. The summed E-state index contributed by atoms with van der Waals surface area (Å²) in [6, 6.07) is 11.2. The van der Waals surface area contributed by atoms with Crippen molar-refractivity contribution >= 4 is 5.82 Å².